The fraction of sp³-hybridized carbons (Fsp3) is 0.321. The van der Waals surface area contributed by atoms with Crippen LogP contribution in [0.25, 0.3) is 21.7 Å². The summed E-state index contributed by atoms with van der Waals surface area (Å²) in [6.07, 6.45) is 3.52. The Hall–Kier alpha value is -3.47. The molecule has 5 rings (SSSR count). The number of hydrogen-bond donors (Lipinski definition) is 0. The van der Waals surface area contributed by atoms with Crippen LogP contribution in [-0.2, 0) is 13.0 Å². The predicted molar refractivity (Wildman–Crippen MR) is 133 cm³/mol. The lowest BCUT2D eigenvalue weighted by atomic mass is 9.95. The Bertz CT molecular complexity index is 1370. The molecule has 5 heteroatoms. The second-order valence-corrected chi connectivity index (χ2v) is 9.01. The van der Waals surface area contributed by atoms with Gasteiger partial charge in [0.1, 0.15) is 5.82 Å². The summed E-state index contributed by atoms with van der Waals surface area (Å²) >= 11 is 0. The van der Waals surface area contributed by atoms with Gasteiger partial charge in [-0.3, -0.25) is 14.2 Å². The van der Waals surface area contributed by atoms with E-state index in [2.05, 4.69) is 13.0 Å². The zero-order valence-corrected chi connectivity index (χ0v) is 19.0. The van der Waals surface area contributed by atoms with Crippen molar-refractivity contribution >= 4 is 27.6 Å². The maximum Gasteiger partial charge on any atom is 0.261 e. The number of para-hydroxylation sites is 1. The van der Waals surface area contributed by atoms with Crippen molar-refractivity contribution in [1.29, 1.82) is 0 Å². The number of hydrogen-bond acceptors (Lipinski definition) is 3. The maximum atomic E-state index is 13.2. The molecule has 33 heavy (non-hydrogen) atoms. The molecule has 1 fully saturated rings. The normalized spacial score (nSPS) is 14.8. The van der Waals surface area contributed by atoms with Gasteiger partial charge in [-0.2, -0.15) is 0 Å². The van der Waals surface area contributed by atoms with Gasteiger partial charge in [0.25, 0.3) is 11.5 Å². The van der Waals surface area contributed by atoms with Crippen molar-refractivity contribution in [3.05, 3.63) is 88.5 Å². The average molecular weight is 440 g/mol. The van der Waals surface area contributed by atoms with Gasteiger partial charge < -0.3 is 4.90 Å². The van der Waals surface area contributed by atoms with Crippen LogP contribution in [0.3, 0.4) is 0 Å². The zero-order chi connectivity index (χ0) is 22.8. The molecule has 0 spiro atoms. The fourth-order valence-corrected chi connectivity index (χ4v) is 4.90. The Kier molecular flexibility index (Phi) is 5.95. The number of nitrogens with zero attached hydrogens (tertiary/aromatic N) is 3. The van der Waals surface area contributed by atoms with Gasteiger partial charge in [0.2, 0.25) is 0 Å². The minimum atomic E-state index is 0.0544. The highest BCUT2D eigenvalue weighted by Crippen LogP contribution is 2.23. The highest BCUT2D eigenvalue weighted by molar-refractivity contribution is 5.98. The quantitative estimate of drug-likeness (QED) is 0.437. The molecular weight excluding hydrogens is 410 g/mol. The molecule has 3 aromatic carbocycles. The predicted octanol–water partition coefficient (Wildman–Crippen LogP) is 5.05. The van der Waals surface area contributed by atoms with Crippen molar-refractivity contribution in [3.63, 3.8) is 0 Å². The van der Waals surface area contributed by atoms with Crippen LogP contribution in [0.4, 0.5) is 0 Å². The molecule has 1 amide bonds. The van der Waals surface area contributed by atoms with Gasteiger partial charge in [-0.15, -0.1) is 0 Å². The van der Waals surface area contributed by atoms with Gasteiger partial charge in [0.05, 0.1) is 10.9 Å². The summed E-state index contributed by atoms with van der Waals surface area (Å²) in [7, 11) is 0. The van der Waals surface area contributed by atoms with E-state index in [9.17, 15) is 9.59 Å². The van der Waals surface area contributed by atoms with Crippen molar-refractivity contribution in [1.82, 2.24) is 14.5 Å². The van der Waals surface area contributed by atoms with Crippen molar-refractivity contribution in [2.45, 2.75) is 39.2 Å². The third kappa shape index (κ3) is 4.28. The summed E-state index contributed by atoms with van der Waals surface area (Å²) in [6, 6.07) is 21.6. The molecule has 0 radical (unpaired) electrons. The SMILES string of the molecule is CCCc1nc2ccccc2c(=O)n1CC1CCN(C(=O)c2ccc3ccccc3c2)CC1. The summed E-state index contributed by atoms with van der Waals surface area (Å²) < 4.78 is 1.89. The molecule has 4 aromatic rings. The van der Waals surface area contributed by atoms with Crippen LogP contribution >= 0.6 is 0 Å². The van der Waals surface area contributed by atoms with E-state index >= 15 is 0 Å². The molecule has 5 nitrogen and oxygen atoms in total. The summed E-state index contributed by atoms with van der Waals surface area (Å²) in [4.78, 5) is 33.1. The van der Waals surface area contributed by atoms with Crippen LogP contribution in [0.15, 0.2) is 71.5 Å². The summed E-state index contributed by atoms with van der Waals surface area (Å²) in [5, 5.41) is 2.91. The molecule has 168 valence electrons. The van der Waals surface area contributed by atoms with Crippen molar-refractivity contribution < 1.29 is 4.79 Å². The van der Waals surface area contributed by atoms with E-state index < -0.39 is 0 Å². The molecule has 0 N–H and O–H groups in total. The number of rotatable bonds is 5. The van der Waals surface area contributed by atoms with Gasteiger partial charge in [0, 0.05) is 31.6 Å². The molecule has 0 unspecified atom stereocenters. The number of aryl methyl sites for hydroxylation is 1. The Balaban J connectivity index is 1.31. The smallest absolute Gasteiger partial charge is 0.261 e. The Morgan fingerprint density at radius 1 is 0.970 bits per heavy atom. The number of piperidine rings is 1. The largest absolute Gasteiger partial charge is 0.339 e. The van der Waals surface area contributed by atoms with E-state index in [0.717, 1.165) is 66.4 Å². The first kappa shape index (κ1) is 21.4. The maximum absolute atomic E-state index is 13.2. The fourth-order valence-electron chi connectivity index (χ4n) is 4.90. The number of carbonyl (C=O) groups excluding carboxylic acids is 1. The average Bonchev–Trinajstić information content (AvgIpc) is 2.86. The lowest BCUT2D eigenvalue weighted by Gasteiger charge is -2.32. The molecular formula is C28H29N3O2. The van der Waals surface area contributed by atoms with Crippen molar-refractivity contribution in [2.75, 3.05) is 13.1 Å². The van der Waals surface area contributed by atoms with Crippen LogP contribution in [0, 0.1) is 5.92 Å². The number of benzene rings is 3. The molecule has 1 aliphatic rings. The lowest BCUT2D eigenvalue weighted by Crippen LogP contribution is -2.40. The van der Waals surface area contributed by atoms with Crippen LogP contribution in [0.5, 0.6) is 0 Å². The number of fused-ring (bicyclic) bond motifs is 2. The van der Waals surface area contributed by atoms with Crippen LogP contribution in [-0.4, -0.2) is 33.4 Å². The highest BCUT2D eigenvalue weighted by atomic mass is 16.2. The van der Waals surface area contributed by atoms with E-state index in [1.165, 1.54) is 0 Å². The zero-order valence-electron chi connectivity index (χ0n) is 19.0. The van der Waals surface area contributed by atoms with E-state index in [0.29, 0.717) is 17.8 Å². The van der Waals surface area contributed by atoms with Crippen molar-refractivity contribution in [3.8, 4) is 0 Å². The van der Waals surface area contributed by atoms with E-state index in [-0.39, 0.29) is 11.5 Å². The second kappa shape index (κ2) is 9.18. The number of aromatic nitrogens is 2. The second-order valence-electron chi connectivity index (χ2n) is 9.01. The molecule has 0 saturated carbocycles. The van der Waals surface area contributed by atoms with Crippen LogP contribution in [0.2, 0.25) is 0 Å². The topological polar surface area (TPSA) is 55.2 Å². The van der Waals surface area contributed by atoms with Gasteiger partial charge in [-0.25, -0.2) is 4.98 Å². The van der Waals surface area contributed by atoms with Gasteiger partial charge in [0.15, 0.2) is 0 Å². The monoisotopic (exact) mass is 439 g/mol. The molecule has 0 atom stereocenters. The first-order valence-electron chi connectivity index (χ1n) is 11.9. The van der Waals surface area contributed by atoms with Crippen LogP contribution in [0.1, 0.15) is 42.4 Å². The van der Waals surface area contributed by atoms with Gasteiger partial charge >= 0.3 is 0 Å². The number of likely N-dealkylation sites (tertiary alicyclic amines) is 1. The van der Waals surface area contributed by atoms with E-state index in [4.69, 9.17) is 4.98 Å². The van der Waals surface area contributed by atoms with E-state index in [1.54, 1.807) is 0 Å². The summed E-state index contributed by atoms with van der Waals surface area (Å²) in [6.45, 7) is 4.22. The van der Waals surface area contributed by atoms with Crippen molar-refractivity contribution in [2.24, 2.45) is 5.92 Å². The summed E-state index contributed by atoms with van der Waals surface area (Å²) in [5.41, 5.74) is 1.57. The molecule has 0 bridgehead atoms. The van der Waals surface area contributed by atoms with E-state index in [1.807, 2.05) is 70.1 Å². The van der Waals surface area contributed by atoms with Gasteiger partial charge in [-0.1, -0.05) is 49.4 Å². The number of amides is 1. The number of carbonyl (C=O) groups is 1. The van der Waals surface area contributed by atoms with Crippen LogP contribution < -0.4 is 5.56 Å². The molecule has 1 aromatic heterocycles. The first-order chi connectivity index (χ1) is 16.1. The first-order valence-corrected chi connectivity index (χ1v) is 11.9. The standard InChI is InChI=1S/C28H29N3O2/c1-2-7-26-29-25-11-6-5-10-24(25)28(33)31(26)19-20-14-16-30(17-15-20)27(32)23-13-12-21-8-3-4-9-22(21)18-23/h3-6,8-13,18,20H,2,7,14-17,19H2,1H3. The Morgan fingerprint density at radius 3 is 2.48 bits per heavy atom. The molecule has 1 aliphatic heterocycles. The Labute approximate surface area is 193 Å². The highest BCUT2D eigenvalue weighted by Gasteiger charge is 2.25. The summed E-state index contributed by atoms with van der Waals surface area (Å²) in [5.74, 6) is 1.33. The van der Waals surface area contributed by atoms with Gasteiger partial charge in [-0.05, 0) is 60.2 Å². The minimum absolute atomic E-state index is 0.0544. The molecule has 1 saturated heterocycles. The molecule has 2 heterocycles. The minimum Gasteiger partial charge on any atom is -0.339 e. The third-order valence-corrected chi connectivity index (χ3v) is 6.75. The Morgan fingerprint density at radius 2 is 1.70 bits per heavy atom. The third-order valence-electron chi connectivity index (χ3n) is 6.75. The molecule has 0 aliphatic carbocycles. The lowest BCUT2D eigenvalue weighted by molar-refractivity contribution is 0.0682.